The minimum Gasteiger partial charge on any atom is -0.345 e. The summed E-state index contributed by atoms with van der Waals surface area (Å²) in [5.74, 6) is -0.250. The second-order valence-electron chi connectivity index (χ2n) is 3.26. The molecular formula is C9H6N6OS. The van der Waals surface area contributed by atoms with Crippen molar-refractivity contribution in [3.8, 4) is 0 Å². The molecule has 0 aliphatic heterocycles. The molecule has 3 rings (SSSR count). The molecule has 0 bridgehead atoms. The molecule has 2 heterocycles. The molecule has 17 heavy (non-hydrogen) atoms. The summed E-state index contributed by atoms with van der Waals surface area (Å²) in [5.41, 5.74) is 2.16. The van der Waals surface area contributed by atoms with Gasteiger partial charge in [-0.1, -0.05) is 9.59 Å². The highest BCUT2D eigenvalue weighted by molar-refractivity contribution is 7.09. The minimum absolute atomic E-state index is 0.250. The molecule has 0 radical (unpaired) electrons. The number of hydrogen-bond donors (Lipinski definition) is 2. The number of hydrogen-bond acceptors (Lipinski definition) is 6. The number of nitrogens with one attached hydrogen (secondary N) is 2. The molecule has 0 atom stereocenters. The van der Waals surface area contributed by atoms with Crippen molar-refractivity contribution >= 4 is 33.6 Å². The monoisotopic (exact) mass is 246 g/mol. The maximum atomic E-state index is 11.8. The average molecular weight is 246 g/mol. The van der Waals surface area contributed by atoms with Gasteiger partial charge in [0.2, 0.25) is 5.13 Å². The zero-order valence-corrected chi connectivity index (χ0v) is 9.23. The minimum atomic E-state index is -0.250. The summed E-state index contributed by atoms with van der Waals surface area (Å²) in [7, 11) is 0. The SMILES string of the molecule is O=C(Nc1nnns1)c1ccc2nc[nH]c2c1. The molecule has 3 aromatic rings. The van der Waals surface area contributed by atoms with E-state index in [2.05, 4.69) is 30.1 Å². The number of carbonyl (C=O) groups is 1. The lowest BCUT2D eigenvalue weighted by Gasteiger charge is -2.00. The van der Waals surface area contributed by atoms with Crippen molar-refractivity contribution in [2.45, 2.75) is 0 Å². The molecule has 2 aromatic heterocycles. The number of nitrogens with zero attached hydrogens (tertiary/aromatic N) is 4. The number of aromatic nitrogens is 5. The maximum absolute atomic E-state index is 11.8. The van der Waals surface area contributed by atoms with Crippen LogP contribution in [0.25, 0.3) is 11.0 Å². The molecule has 0 saturated carbocycles. The molecule has 0 unspecified atom stereocenters. The molecule has 84 valence electrons. The predicted octanol–water partition coefficient (Wildman–Crippen LogP) is 1.06. The van der Waals surface area contributed by atoms with Gasteiger partial charge in [-0.05, 0) is 23.4 Å². The van der Waals surface area contributed by atoms with E-state index in [1.165, 1.54) is 0 Å². The quantitative estimate of drug-likeness (QED) is 0.704. The number of anilines is 1. The molecule has 0 spiro atoms. The van der Waals surface area contributed by atoms with Crippen molar-refractivity contribution in [3.05, 3.63) is 30.1 Å². The first kappa shape index (κ1) is 9.85. The van der Waals surface area contributed by atoms with Crippen LogP contribution in [0.15, 0.2) is 24.5 Å². The molecule has 7 nitrogen and oxygen atoms in total. The molecule has 2 N–H and O–H groups in total. The normalized spacial score (nSPS) is 10.6. The highest BCUT2D eigenvalue weighted by Crippen LogP contribution is 2.13. The standard InChI is InChI=1S/C9H6N6OS/c16-8(12-9-13-14-15-17-9)5-1-2-6-7(3-5)11-4-10-6/h1-4H,(H,10,11)(H,12,13,15,16). The lowest BCUT2D eigenvalue weighted by molar-refractivity contribution is 0.102. The van der Waals surface area contributed by atoms with Gasteiger partial charge in [-0.15, -0.1) is 0 Å². The third-order valence-corrected chi connectivity index (χ3v) is 2.71. The summed E-state index contributed by atoms with van der Waals surface area (Å²) in [6.45, 7) is 0. The van der Waals surface area contributed by atoms with Crippen molar-refractivity contribution in [2.75, 3.05) is 5.32 Å². The smallest absolute Gasteiger partial charge is 0.257 e. The van der Waals surface area contributed by atoms with Gasteiger partial charge in [-0.3, -0.25) is 10.1 Å². The summed E-state index contributed by atoms with van der Waals surface area (Å²) in [4.78, 5) is 18.9. The van der Waals surface area contributed by atoms with Gasteiger partial charge in [-0.2, -0.15) is 0 Å². The Hall–Kier alpha value is -2.35. The zero-order valence-electron chi connectivity index (χ0n) is 8.41. The fraction of sp³-hybridized carbons (Fsp3) is 0. The molecule has 0 aliphatic rings. The van der Waals surface area contributed by atoms with Crippen LogP contribution in [0.1, 0.15) is 10.4 Å². The van der Waals surface area contributed by atoms with E-state index in [1.807, 2.05) is 0 Å². The highest BCUT2D eigenvalue weighted by atomic mass is 32.1. The first-order valence-electron chi connectivity index (χ1n) is 4.72. The molecule has 1 amide bonds. The molecule has 0 saturated heterocycles. The second-order valence-corrected chi connectivity index (χ2v) is 3.99. The fourth-order valence-corrected chi connectivity index (χ4v) is 1.79. The molecule has 8 heteroatoms. The Morgan fingerprint density at radius 3 is 3.18 bits per heavy atom. The van der Waals surface area contributed by atoms with Crippen LogP contribution in [0.3, 0.4) is 0 Å². The van der Waals surface area contributed by atoms with Crippen molar-refractivity contribution in [2.24, 2.45) is 0 Å². The van der Waals surface area contributed by atoms with E-state index in [9.17, 15) is 4.79 Å². The van der Waals surface area contributed by atoms with Crippen LogP contribution in [0.5, 0.6) is 0 Å². The lowest BCUT2D eigenvalue weighted by Crippen LogP contribution is -2.11. The topological polar surface area (TPSA) is 96.5 Å². The van der Waals surface area contributed by atoms with Crippen LogP contribution in [-0.2, 0) is 0 Å². The van der Waals surface area contributed by atoms with Crippen molar-refractivity contribution in [1.29, 1.82) is 0 Å². The Bertz CT molecular complexity index is 661. The number of rotatable bonds is 2. The molecular weight excluding hydrogens is 240 g/mol. The summed E-state index contributed by atoms with van der Waals surface area (Å²) in [6.07, 6.45) is 1.58. The number of carbonyl (C=O) groups excluding carboxylic acids is 1. The Morgan fingerprint density at radius 1 is 1.41 bits per heavy atom. The number of H-pyrrole nitrogens is 1. The van der Waals surface area contributed by atoms with Gasteiger partial charge < -0.3 is 4.98 Å². The van der Waals surface area contributed by atoms with Crippen LogP contribution in [0.4, 0.5) is 5.13 Å². The van der Waals surface area contributed by atoms with Gasteiger partial charge >= 0.3 is 0 Å². The first-order valence-corrected chi connectivity index (χ1v) is 5.50. The van der Waals surface area contributed by atoms with E-state index in [-0.39, 0.29) is 5.91 Å². The number of aromatic amines is 1. The van der Waals surface area contributed by atoms with E-state index in [0.717, 1.165) is 22.6 Å². The highest BCUT2D eigenvalue weighted by Gasteiger charge is 2.09. The van der Waals surface area contributed by atoms with E-state index in [1.54, 1.807) is 24.5 Å². The van der Waals surface area contributed by atoms with Crippen LogP contribution in [-0.4, -0.2) is 30.7 Å². The summed E-state index contributed by atoms with van der Waals surface area (Å²) >= 11 is 1.03. The molecule has 0 fully saturated rings. The largest absolute Gasteiger partial charge is 0.345 e. The van der Waals surface area contributed by atoms with Gasteiger partial charge in [0.25, 0.3) is 5.91 Å². The van der Waals surface area contributed by atoms with E-state index < -0.39 is 0 Å². The first-order chi connectivity index (χ1) is 8.33. The number of fused-ring (bicyclic) bond motifs is 1. The number of amides is 1. The number of benzene rings is 1. The number of imidazole rings is 1. The fourth-order valence-electron chi connectivity index (χ4n) is 1.43. The van der Waals surface area contributed by atoms with Crippen molar-refractivity contribution in [1.82, 2.24) is 24.8 Å². The lowest BCUT2D eigenvalue weighted by atomic mass is 10.2. The Balaban J connectivity index is 1.90. The van der Waals surface area contributed by atoms with Crippen LogP contribution in [0, 0.1) is 0 Å². The molecule has 0 aliphatic carbocycles. The van der Waals surface area contributed by atoms with Crippen LogP contribution in [0.2, 0.25) is 0 Å². The third kappa shape index (κ3) is 1.85. The Kier molecular flexibility index (Phi) is 2.26. The van der Waals surface area contributed by atoms with Gasteiger partial charge in [-0.25, -0.2) is 4.98 Å². The van der Waals surface area contributed by atoms with Gasteiger partial charge in [0.15, 0.2) is 0 Å². The Morgan fingerprint density at radius 2 is 2.35 bits per heavy atom. The summed E-state index contributed by atoms with van der Waals surface area (Å²) < 4.78 is 3.56. The second kappa shape index (κ2) is 3.91. The summed E-state index contributed by atoms with van der Waals surface area (Å²) in [6, 6.07) is 5.21. The maximum Gasteiger partial charge on any atom is 0.257 e. The van der Waals surface area contributed by atoms with Crippen molar-refractivity contribution in [3.63, 3.8) is 0 Å². The molecule has 1 aromatic carbocycles. The zero-order chi connectivity index (χ0) is 11.7. The third-order valence-electron chi connectivity index (χ3n) is 2.20. The van der Waals surface area contributed by atoms with Gasteiger partial charge in [0.05, 0.1) is 17.4 Å². The predicted molar refractivity (Wildman–Crippen MR) is 61.8 cm³/mol. The van der Waals surface area contributed by atoms with E-state index in [4.69, 9.17) is 0 Å². The van der Waals surface area contributed by atoms with Gasteiger partial charge in [0, 0.05) is 17.1 Å². The van der Waals surface area contributed by atoms with E-state index >= 15 is 0 Å². The average Bonchev–Trinajstić information content (AvgIpc) is 2.97. The summed E-state index contributed by atoms with van der Waals surface area (Å²) in [5, 5.41) is 10.0. The van der Waals surface area contributed by atoms with E-state index in [0.29, 0.717) is 10.7 Å². The van der Waals surface area contributed by atoms with Gasteiger partial charge in [0.1, 0.15) is 0 Å². The van der Waals surface area contributed by atoms with Crippen LogP contribution < -0.4 is 5.32 Å². The van der Waals surface area contributed by atoms with Crippen molar-refractivity contribution < 1.29 is 4.79 Å². The van der Waals surface area contributed by atoms with Crippen LogP contribution >= 0.6 is 11.5 Å². The Labute approximate surface area is 99.1 Å².